The molecule has 1 aromatic carbocycles. The minimum absolute atomic E-state index is 0.0407. The van der Waals surface area contributed by atoms with Crippen LogP contribution in [0.3, 0.4) is 0 Å². The van der Waals surface area contributed by atoms with Gasteiger partial charge in [-0.2, -0.15) is 4.98 Å². The largest absolute Gasteiger partial charge is 0.399 e. The molecule has 7 heteroatoms. The molecule has 17 heavy (non-hydrogen) atoms. The topological polar surface area (TPSA) is 94.0 Å². The first kappa shape index (κ1) is 11.4. The predicted octanol–water partition coefficient (Wildman–Crippen LogP) is 1.33. The number of hydrogen-bond donors (Lipinski definition) is 2. The van der Waals surface area contributed by atoms with E-state index in [0.29, 0.717) is 16.3 Å². The van der Waals surface area contributed by atoms with E-state index in [1.54, 1.807) is 18.2 Å². The van der Waals surface area contributed by atoms with Crippen LogP contribution >= 0.6 is 11.6 Å². The molecule has 0 aliphatic carbocycles. The number of halogens is 1. The van der Waals surface area contributed by atoms with Crippen molar-refractivity contribution in [3.05, 3.63) is 29.0 Å². The molecular weight excluding hydrogens is 244 g/mol. The zero-order valence-electron chi connectivity index (χ0n) is 8.90. The SMILES string of the molecule is CNC(=O)c1noc(-c2cc(N)cc(Cl)c2)n1. The number of carbonyl (C=O) groups excluding carboxylic acids is 1. The Morgan fingerprint density at radius 2 is 2.24 bits per heavy atom. The van der Waals surface area contributed by atoms with Crippen molar-refractivity contribution < 1.29 is 9.32 Å². The number of nitrogen functional groups attached to an aromatic ring is 1. The van der Waals surface area contributed by atoms with Crippen molar-refractivity contribution in [2.75, 3.05) is 12.8 Å². The Bertz CT molecular complexity index is 547. The van der Waals surface area contributed by atoms with Crippen LogP contribution < -0.4 is 11.1 Å². The van der Waals surface area contributed by atoms with Gasteiger partial charge in [-0.25, -0.2) is 0 Å². The summed E-state index contributed by atoms with van der Waals surface area (Å²) in [5.74, 6) is -0.270. The lowest BCUT2D eigenvalue weighted by Crippen LogP contribution is -2.19. The van der Waals surface area contributed by atoms with Crippen LogP contribution in [-0.4, -0.2) is 23.1 Å². The van der Waals surface area contributed by atoms with Gasteiger partial charge in [0, 0.05) is 23.3 Å². The Hall–Kier alpha value is -2.08. The number of nitrogens with two attached hydrogens (primary N) is 1. The second kappa shape index (κ2) is 4.42. The van der Waals surface area contributed by atoms with Crippen LogP contribution in [0.4, 0.5) is 5.69 Å². The standard InChI is InChI=1S/C10H9ClN4O2/c1-13-9(16)8-14-10(17-15-8)5-2-6(11)4-7(12)3-5/h2-4H,12H2,1H3,(H,13,16). The number of carbonyl (C=O) groups is 1. The summed E-state index contributed by atoms with van der Waals surface area (Å²) in [5.41, 5.74) is 6.68. The highest BCUT2D eigenvalue weighted by Crippen LogP contribution is 2.24. The highest BCUT2D eigenvalue weighted by atomic mass is 35.5. The Balaban J connectivity index is 2.40. The van der Waals surface area contributed by atoms with E-state index in [-0.39, 0.29) is 11.7 Å². The third-order valence-electron chi connectivity index (χ3n) is 2.02. The van der Waals surface area contributed by atoms with Gasteiger partial charge in [-0.3, -0.25) is 4.79 Å². The molecular formula is C10H9ClN4O2. The Morgan fingerprint density at radius 1 is 1.47 bits per heavy atom. The fourth-order valence-corrected chi connectivity index (χ4v) is 1.52. The third kappa shape index (κ3) is 2.36. The molecule has 0 saturated heterocycles. The molecule has 1 heterocycles. The van der Waals surface area contributed by atoms with Crippen molar-refractivity contribution in [1.29, 1.82) is 0 Å². The summed E-state index contributed by atoms with van der Waals surface area (Å²) in [6.45, 7) is 0. The van der Waals surface area contributed by atoms with E-state index in [1.165, 1.54) is 7.05 Å². The average molecular weight is 253 g/mol. The van der Waals surface area contributed by atoms with Crippen molar-refractivity contribution >= 4 is 23.2 Å². The van der Waals surface area contributed by atoms with E-state index in [1.807, 2.05) is 0 Å². The number of hydrogen-bond acceptors (Lipinski definition) is 5. The van der Waals surface area contributed by atoms with Crippen molar-refractivity contribution in [3.8, 4) is 11.5 Å². The van der Waals surface area contributed by atoms with E-state index >= 15 is 0 Å². The van der Waals surface area contributed by atoms with Gasteiger partial charge < -0.3 is 15.6 Å². The second-order valence-corrected chi connectivity index (χ2v) is 3.71. The zero-order chi connectivity index (χ0) is 12.4. The summed E-state index contributed by atoms with van der Waals surface area (Å²) >= 11 is 5.85. The first-order valence-electron chi connectivity index (χ1n) is 4.72. The van der Waals surface area contributed by atoms with Crippen molar-refractivity contribution in [1.82, 2.24) is 15.5 Å². The lowest BCUT2D eigenvalue weighted by Gasteiger charge is -1.98. The minimum atomic E-state index is -0.421. The average Bonchev–Trinajstić information content (AvgIpc) is 2.76. The maximum Gasteiger partial charge on any atom is 0.292 e. The molecule has 1 aromatic heterocycles. The van der Waals surface area contributed by atoms with Gasteiger partial charge in [0.25, 0.3) is 17.6 Å². The van der Waals surface area contributed by atoms with Crippen LogP contribution in [0.25, 0.3) is 11.5 Å². The van der Waals surface area contributed by atoms with Crippen LogP contribution in [0.2, 0.25) is 5.02 Å². The first-order chi connectivity index (χ1) is 8.10. The van der Waals surface area contributed by atoms with Gasteiger partial charge in [-0.15, -0.1) is 0 Å². The minimum Gasteiger partial charge on any atom is -0.399 e. The molecule has 0 radical (unpaired) electrons. The molecule has 6 nitrogen and oxygen atoms in total. The van der Waals surface area contributed by atoms with E-state index in [4.69, 9.17) is 21.9 Å². The molecule has 2 aromatic rings. The van der Waals surface area contributed by atoms with Gasteiger partial charge >= 0.3 is 0 Å². The molecule has 0 saturated carbocycles. The monoisotopic (exact) mass is 252 g/mol. The molecule has 0 bridgehead atoms. The summed E-state index contributed by atoms with van der Waals surface area (Å²) in [6, 6.07) is 4.85. The predicted molar refractivity (Wildman–Crippen MR) is 62.5 cm³/mol. The fraction of sp³-hybridized carbons (Fsp3) is 0.100. The van der Waals surface area contributed by atoms with Gasteiger partial charge in [0.1, 0.15) is 0 Å². The zero-order valence-corrected chi connectivity index (χ0v) is 9.65. The van der Waals surface area contributed by atoms with Gasteiger partial charge in [0.2, 0.25) is 0 Å². The molecule has 0 unspecified atom stereocenters. The van der Waals surface area contributed by atoms with Crippen molar-refractivity contribution in [3.63, 3.8) is 0 Å². The molecule has 3 N–H and O–H groups in total. The molecule has 88 valence electrons. The van der Waals surface area contributed by atoms with Gasteiger partial charge in [-0.1, -0.05) is 16.8 Å². The fourth-order valence-electron chi connectivity index (χ4n) is 1.28. The highest BCUT2D eigenvalue weighted by Gasteiger charge is 2.14. The summed E-state index contributed by atoms with van der Waals surface area (Å²) in [4.78, 5) is 15.2. The quantitative estimate of drug-likeness (QED) is 0.787. The summed E-state index contributed by atoms with van der Waals surface area (Å²) in [7, 11) is 1.48. The molecule has 0 atom stereocenters. The molecule has 2 rings (SSSR count). The number of anilines is 1. The Morgan fingerprint density at radius 3 is 2.88 bits per heavy atom. The summed E-state index contributed by atoms with van der Waals surface area (Å²) in [6.07, 6.45) is 0. The first-order valence-corrected chi connectivity index (χ1v) is 5.10. The molecule has 0 spiro atoms. The maximum atomic E-state index is 11.2. The smallest absolute Gasteiger partial charge is 0.292 e. The Kier molecular flexibility index (Phi) is 2.97. The van der Waals surface area contributed by atoms with Crippen molar-refractivity contribution in [2.45, 2.75) is 0 Å². The van der Waals surface area contributed by atoms with Crippen molar-refractivity contribution in [2.24, 2.45) is 0 Å². The normalized spacial score (nSPS) is 10.2. The second-order valence-electron chi connectivity index (χ2n) is 3.28. The Labute approximate surface area is 102 Å². The van der Waals surface area contributed by atoms with Gasteiger partial charge in [-0.05, 0) is 18.2 Å². The van der Waals surface area contributed by atoms with E-state index in [0.717, 1.165) is 0 Å². The summed E-state index contributed by atoms with van der Waals surface area (Å²) < 4.78 is 4.95. The van der Waals surface area contributed by atoms with Crippen LogP contribution in [0.15, 0.2) is 22.7 Å². The lowest BCUT2D eigenvalue weighted by molar-refractivity contribution is 0.0950. The third-order valence-corrected chi connectivity index (χ3v) is 2.24. The molecule has 1 amide bonds. The number of amides is 1. The number of aromatic nitrogens is 2. The maximum absolute atomic E-state index is 11.2. The van der Waals surface area contributed by atoms with E-state index in [2.05, 4.69) is 15.5 Å². The highest BCUT2D eigenvalue weighted by molar-refractivity contribution is 6.31. The van der Waals surface area contributed by atoms with Crippen LogP contribution in [0.5, 0.6) is 0 Å². The lowest BCUT2D eigenvalue weighted by atomic mass is 10.2. The number of nitrogens with one attached hydrogen (secondary N) is 1. The number of nitrogens with zero attached hydrogens (tertiary/aromatic N) is 2. The number of rotatable bonds is 2. The molecule has 0 fully saturated rings. The summed E-state index contributed by atoms with van der Waals surface area (Å²) in [5, 5.41) is 6.39. The van der Waals surface area contributed by atoms with E-state index < -0.39 is 5.91 Å². The van der Waals surface area contributed by atoms with Crippen LogP contribution in [0.1, 0.15) is 10.6 Å². The van der Waals surface area contributed by atoms with Gasteiger partial charge in [0.15, 0.2) is 0 Å². The molecule has 0 aliphatic heterocycles. The van der Waals surface area contributed by atoms with Crippen LogP contribution in [0, 0.1) is 0 Å². The number of benzene rings is 1. The van der Waals surface area contributed by atoms with Crippen LogP contribution in [-0.2, 0) is 0 Å². The van der Waals surface area contributed by atoms with E-state index in [9.17, 15) is 4.79 Å². The molecule has 0 aliphatic rings. The van der Waals surface area contributed by atoms with Gasteiger partial charge in [0.05, 0.1) is 0 Å².